The van der Waals surface area contributed by atoms with E-state index in [1.54, 1.807) is 0 Å². The van der Waals surface area contributed by atoms with Gasteiger partial charge in [-0.2, -0.15) is 0 Å². The number of ketones is 1. The lowest BCUT2D eigenvalue weighted by Gasteiger charge is -2.25. The van der Waals surface area contributed by atoms with Crippen LogP contribution < -0.4 is 0 Å². The van der Waals surface area contributed by atoms with E-state index in [9.17, 15) is 14.0 Å². The fourth-order valence-electron chi connectivity index (χ4n) is 2.39. The summed E-state index contributed by atoms with van der Waals surface area (Å²) >= 11 is 0. The Kier molecular flexibility index (Phi) is 6.07. The van der Waals surface area contributed by atoms with Crippen LogP contribution in [-0.2, 0) is 11.3 Å². The first-order valence-electron chi connectivity index (χ1n) is 7.76. The minimum Gasteiger partial charge on any atom is -0.445 e. The summed E-state index contributed by atoms with van der Waals surface area (Å²) in [5, 5.41) is 0. The van der Waals surface area contributed by atoms with Crippen LogP contribution in [0, 0.1) is 5.82 Å². The normalized spacial score (nSPS) is 11.6. The topological polar surface area (TPSA) is 46.6 Å². The number of hydrogen-bond donors (Lipinski definition) is 0. The molecule has 0 bridgehead atoms. The van der Waals surface area contributed by atoms with Crippen molar-refractivity contribution in [2.24, 2.45) is 0 Å². The van der Waals surface area contributed by atoms with Crippen LogP contribution in [0.25, 0.3) is 0 Å². The molecule has 0 radical (unpaired) electrons. The van der Waals surface area contributed by atoms with Gasteiger partial charge in [0.1, 0.15) is 12.4 Å². The summed E-state index contributed by atoms with van der Waals surface area (Å²) in [7, 11) is 1.53. The fraction of sp³-hybridized carbons (Fsp3) is 0.263. The monoisotopic (exact) mass is 329 g/mol. The van der Waals surface area contributed by atoms with Gasteiger partial charge in [-0.05, 0) is 36.2 Å². The van der Waals surface area contributed by atoms with E-state index in [4.69, 9.17) is 4.74 Å². The van der Waals surface area contributed by atoms with Crippen molar-refractivity contribution >= 4 is 11.9 Å². The lowest BCUT2D eigenvalue weighted by atomic mass is 10.0. The number of rotatable bonds is 6. The summed E-state index contributed by atoms with van der Waals surface area (Å²) in [5.74, 6) is -0.646. The van der Waals surface area contributed by atoms with Crippen molar-refractivity contribution in [3.63, 3.8) is 0 Å². The second-order valence-corrected chi connectivity index (χ2v) is 5.45. The zero-order chi connectivity index (χ0) is 17.5. The molecule has 2 rings (SSSR count). The number of hydrogen-bond acceptors (Lipinski definition) is 3. The van der Waals surface area contributed by atoms with Crippen LogP contribution in [0.5, 0.6) is 0 Å². The highest BCUT2D eigenvalue weighted by Gasteiger charge is 2.27. The molecular formula is C19H20FNO3. The van der Waals surface area contributed by atoms with E-state index >= 15 is 0 Å². The molecule has 0 N–H and O–H groups in total. The standard InChI is InChI=1S/C19H20FNO3/c1-3-17(18(22)15-9-11-16(20)12-10-15)21(2)19(23)24-13-14-7-5-4-6-8-14/h4-12,17H,3,13H2,1-2H3. The van der Waals surface area contributed by atoms with E-state index in [0.29, 0.717) is 12.0 Å². The van der Waals surface area contributed by atoms with Crippen LogP contribution in [0.3, 0.4) is 0 Å². The minimum absolute atomic E-state index is 0.144. The van der Waals surface area contributed by atoms with Crippen LogP contribution in [-0.4, -0.2) is 29.9 Å². The molecule has 0 heterocycles. The zero-order valence-corrected chi connectivity index (χ0v) is 13.7. The van der Waals surface area contributed by atoms with Gasteiger partial charge in [0.25, 0.3) is 0 Å². The van der Waals surface area contributed by atoms with Gasteiger partial charge < -0.3 is 9.64 Å². The molecule has 4 nitrogen and oxygen atoms in total. The number of likely N-dealkylation sites (N-methyl/N-ethyl adjacent to an activating group) is 1. The summed E-state index contributed by atoms with van der Waals surface area (Å²) in [6.45, 7) is 1.96. The quantitative estimate of drug-likeness (QED) is 0.751. The summed E-state index contributed by atoms with van der Waals surface area (Å²) < 4.78 is 18.2. The second kappa shape index (κ2) is 8.24. The minimum atomic E-state index is -0.654. The van der Waals surface area contributed by atoms with Gasteiger partial charge in [0.05, 0.1) is 6.04 Å². The van der Waals surface area contributed by atoms with Crippen LogP contribution >= 0.6 is 0 Å². The molecule has 1 unspecified atom stereocenters. The Morgan fingerprint density at radius 3 is 2.29 bits per heavy atom. The molecule has 0 fully saturated rings. The Morgan fingerprint density at radius 2 is 1.71 bits per heavy atom. The van der Waals surface area contributed by atoms with Crippen molar-refractivity contribution in [1.29, 1.82) is 0 Å². The molecule has 24 heavy (non-hydrogen) atoms. The maximum Gasteiger partial charge on any atom is 0.410 e. The van der Waals surface area contributed by atoms with Gasteiger partial charge in [-0.1, -0.05) is 37.3 Å². The third kappa shape index (κ3) is 4.41. The van der Waals surface area contributed by atoms with Crippen molar-refractivity contribution in [3.05, 3.63) is 71.5 Å². The van der Waals surface area contributed by atoms with E-state index in [1.807, 2.05) is 37.3 Å². The van der Waals surface area contributed by atoms with Crippen LogP contribution in [0.4, 0.5) is 9.18 Å². The lowest BCUT2D eigenvalue weighted by Crippen LogP contribution is -2.42. The maximum atomic E-state index is 13.0. The SMILES string of the molecule is CCC(C(=O)c1ccc(F)cc1)N(C)C(=O)OCc1ccccc1. The molecule has 0 aliphatic carbocycles. The summed E-state index contributed by atoms with van der Waals surface area (Å²) in [6, 6.07) is 14.0. The van der Waals surface area contributed by atoms with E-state index in [-0.39, 0.29) is 12.4 Å². The molecule has 126 valence electrons. The molecule has 0 aliphatic heterocycles. The summed E-state index contributed by atoms with van der Waals surface area (Å²) in [6.07, 6.45) is -0.131. The van der Waals surface area contributed by atoms with Crippen molar-refractivity contribution in [2.75, 3.05) is 7.05 Å². The first-order chi connectivity index (χ1) is 11.5. The smallest absolute Gasteiger partial charge is 0.410 e. The van der Waals surface area contributed by atoms with Gasteiger partial charge in [0.2, 0.25) is 0 Å². The Bertz CT molecular complexity index is 686. The van der Waals surface area contributed by atoms with Gasteiger partial charge in [0, 0.05) is 12.6 Å². The van der Waals surface area contributed by atoms with E-state index in [0.717, 1.165) is 5.56 Å². The van der Waals surface area contributed by atoms with E-state index < -0.39 is 18.0 Å². The molecular weight excluding hydrogens is 309 g/mol. The molecule has 1 amide bonds. The molecule has 0 saturated heterocycles. The molecule has 0 aliphatic rings. The summed E-state index contributed by atoms with van der Waals surface area (Å²) in [4.78, 5) is 26.0. The van der Waals surface area contributed by atoms with Gasteiger partial charge in [-0.25, -0.2) is 9.18 Å². The highest BCUT2D eigenvalue weighted by Crippen LogP contribution is 2.14. The fourth-order valence-corrected chi connectivity index (χ4v) is 2.39. The molecule has 2 aromatic rings. The number of carbonyl (C=O) groups is 2. The largest absolute Gasteiger partial charge is 0.445 e. The molecule has 0 saturated carbocycles. The van der Waals surface area contributed by atoms with Crippen molar-refractivity contribution in [1.82, 2.24) is 4.90 Å². The van der Waals surface area contributed by atoms with Crippen molar-refractivity contribution in [3.8, 4) is 0 Å². The van der Waals surface area contributed by atoms with Crippen molar-refractivity contribution < 1.29 is 18.7 Å². The Hall–Kier alpha value is -2.69. The molecule has 2 aromatic carbocycles. The second-order valence-electron chi connectivity index (χ2n) is 5.45. The molecule has 0 spiro atoms. The Morgan fingerprint density at radius 1 is 1.08 bits per heavy atom. The number of halogens is 1. The number of Topliss-reactive ketones (excluding diaryl/α,β-unsaturated/α-hetero) is 1. The number of nitrogens with zero attached hydrogens (tertiary/aromatic N) is 1. The van der Waals surface area contributed by atoms with Crippen LogP contribution in [0.1, 0.15) is 29.3 Å². The van der Waals surface area contributed by atoms with Gasteiger partial charge in [0.15, 0.2) is 5.78 Å². The number of benzene rings is 2. The lowest BCUT2D eigenvalue weighted by molar-refractivity contribution is 0.0711. The number of ether oxygens (including phenoxy) is 1. The first kappa shape index (κ1) is 17.7. The average molecular weight is 329 g/mol. The van der Waals surface area contributed by atoms with Gasteiger partial charge in [-0.3, -0.25) is 4.79 Å². The number of amides is 1. The van der Waals surface area contributed by atoms with E-state index in [1.165, 1.54) is 36.2 Å². The third-order valence-electron chi connectivity index (χ3n) is 3.78. The predicted octanol–water partition coefficient (Wildman–Crippen LogP) is 4.06. The molecule has 0 aromatic heterocycles. The molecule has 1 atom stereocenters. The predicted molar refractivity (Wildman–Crippen MR) is 89.2 cm³/mol. The van der Waals surface area contributed by atoms with Crippen LogP contribution in [0.2, 0.25) is 0 Å². The van der Waals surface area contributed by atoms with Crippen molar-refractivity contribution in [2.45, 2.75) is 26.0 Å². The Labute approximate surface area is 140 Å². The zero-order valence-electron chi connectivity index (χ0n) is 13.7. The third-order valence-corrected chi connectivity index (χ3v) is 3.78. The Balaban J connectivity index is 2.01. The first-order valence-corrected chi connectivity index (χ1v) is 7.76. The maximum absolute atomic E-state index is 13.0. The van der Waals surface area contributed by atoms with Gasteiger partial charge >= 0.3 is 6.09 Å². The average Bonchev–Trinajstić information content (AvgIpc) is 2.61. The highest BCUT2D eigenvalue weighted by molar-refractivity contribution is 6.01. The van der Waals surface area contributed by atoms with Crippen LogP contribution in [0.15, 0.2) is 54.6 Å². The van der Waals surface area contributed by atoms with Gasteiger partial charge in [-0.15, -0.1) is 0 Å². The number of carbonyl (C=O) groups excluding carboxylic acids is 2. The summed E-state index contributed by atoms with van der Waals surface area (Å²) in [5.41, 5.74) is 1.24. The molecule has 5 heteroatoms. The highest BCUT2D eigenvalue weighted by atomic mass is 19.1. The van der Waals surface area contributed by atoms with E-state index in [2.05, 4.69) is 0 Å².